The van der Waals surface area contributed by atoms with Gasteiger partial charge in [0.25, 0.3) is 0 Å². The Balaban J connectivity index is 1.02. The molecule has 2 saturated carbocycles. The van der Waals surface area contributed by atoms with Crippen molar-refractivity contribution in [3.63, 3.8) is 0 Å². The number of nitriles is 2. The first-order chi connectivity index (χ1) is 26.6. The second kappa shape index (κ2) is 16.1. The molecule has 2 aliphatic carbocycles. The molecule has 8 rings (SSSR count). The van der Waals surface area contributed by atoms with Crippen LogP contribution in [0.2, 0.25) is 0 Å². The van der Waals surface area contributed by atoms with Crippen LogP contribution in [0.25, 0.3) is 12.2 Å². The van der Waals surface area contributed by atoms with Crippen LogP contribution >= 0.6 is 0 Å². The van der Waals surface area contributed by atoms with Crippen molar-refractivity contribution >= 4 is 46.3 Å². The highest BCUT2D eigenvalue weighted by molar-refractivity contribution is 5.80. The van der Waals surface area contributed by atoms with Gasteiger partial charge >= 0.3 is 0 Å². The van der Waals surface area contributed by atoms with E-state index in [1.165, 1.54) is 62.5 Å². The van der Waals surface area contributed by atoms with Gasteiger partial charge in [0.2, 0.25) is 0 Å². The number of rotatable bonds is 10. The highest BCUT2D eigenvalue weighted by Gasteiger charge is 2.20. The van der Waals surface area contributed by atoms with Crippen molar-refractivity contribution < 1.29 is 0 Å². The third kappa shape index (κ3) is 7.71. The number of nitrogens with zero attached hydrogens (tertiary/aromatic N) is 4. The predicted octanol–water partition coefficient (Wildman–Crippen LogP) is 13.9. The fourth-order valence-corrected chi connectivity index (χ4v) is 8.24. The van der Waals surface area contributed by atoms with Crippen LogP contribution in [0.1, 0.15) is 96.6 Å². The summed E-state index contributed by atoms with van der Waals surface area (Å²) in [6.07, 6.45) is 14.7. The van der Waals surface area contributed by atoms with Gasteiger partial charge in [-0.05, 0) is 157 Å². The van der Waals surface area contributed by atoms with Crippen LogP contribution in [0, 0.1) is 22.7 Å². The van der Waals surface area contributed by atoms with Gasteiger partial charge in [0, 0.05) is 34.1 Å². The summed E-state index contributed by atoms with van der Waals surface area (Å²) >= 11 is 0. The molecular formula is C50H44N4. The van der Waals surface area contributed by atoms with E-state index in [2.05, 4.69) is 131 Å². The smallest absolute Gasteiger partial charge is 0.0991 e. The molecule has 264 valence electrons. The maximum absolute atomic E-state index is 9.41. The Labute approximate surface area is 319 Å². The Kier molecular flexibility index (Phi) is 10.4. The van der Waals surface area contributed by atoms with Crippen molar-refractivity contribution in [3.05, 3.63) is 179 Å². The molecule has 0 bridgehead atoms. The second-order valence-corrected chi connectivity index (χ2v) is 14.7. The molecule has 6 aromatic carbocycles. The maximum Gasteiger partial charge on any atom is 0.0991 e. The largest absolute Gasteiger partial charge is 0.311 e. The highest BCUT2D eigenvalue weighted by Crippen LogP contribution is 2.40. The quantitative estimate of drug-likeness (QED) is 0.134. The standard InChI is InChI=1S/C50H44N4/c51-35-39-15-27-47(28-16-39)53(49-31-19-43(20-32-49)41-5-1-2-6-41)45-23-11-37(12-24-45)9-10-38-13-25-46(26-14-38)54(48-29-17-40(36-52)18-30-48)50-33-21-44(22-34-50)42-7-3-4-8-42/h9-34,41-42H,1-8H2/b10-9+. The third-order valence-electron chi connectivity index (χ3n) is 11.2. The maximum atomic E-state index is 9.41. The number of benzene rings is 6. The summed E-state index contributed by atoms with van der Waals surface area (Å²) in [7, 11) is 0. The lowest BCUT2D eigenvalue weighted by Gasteiger charge is -2.26. The first kappa shape index (κ1) is 34.7. The van der Waals surface area contributed by atoms with Crippen molar-refractivity contribution in [2.45, 2.75) is 63.2 Å². The first-order valence-corrected chi connectivity index (χ1v) is 19.3. The van der Waals surface area contributed by atoms with E-state index in [0.29, 0.717) is 23.0 Å². The molecule has 4 nitrogen and oxygen atoms in total. The van der Waals surface area contributed by atoms with Gasteiger partial charge in [0.1, 0.15) is 0 Å². The molecule has 0 unspecified atom stereocenters. The topological polar surface area (TPSA) is 54.1 Å². The van der Waals surface area contributed by atoms with Gasteiger partial charge in [-0.25, -0.2) is 0 Å². The van der Waals surface area contributed by atoms with E-state index >= 15 is 0 Å². The van der Waals surface area contributed by atoms with E-state index in [1.54, 1.807) is 0 Å². The van der Waals surface area contributed by atoms with Crippen LogP contribution in [-0.2, 0) is 0 Å². The summed E-state index contributed by atoms with van der Waals surface area (Å²) in [5.74, 6) is 1.34. The van der Waals surface area contributed by atoms with Crippen molar-refractivity contribution in [1.82, 2.24) is 0 Å². The molecule has 2 fully saturated rings. The number of hydrogen-bond acceptors (Lipinski definition) is 4. The average molecular weight is 701 g/mol. The molecule has 6 aromatic rings. The van der Waals surface area contributed by atoms with Gasteiger partial charge in [-0.2, -0.15) is 10.5 Å². The Morgan fingerprint density at radius 3 is 0.907 bits per heavy atom. The molecule has 0 spiro atoms. The molecule has 0 aromatic heterocycles. The zero-order chi connectivity index (χ0) is 36.7. The van der Waals surface area contributed by atoms with E-state index in [4.69, 9.17) is 0 Å². The third-order valence-corrected chi connectivity index (χ3v) is 11.2. The van der Waals surface area contributed by atoms with Gasteiger partial charge in [0.15, 0.2) is 0 Å². The lowest BCUT2D eigenvalue weighted by molar-refractivity contribution is 0.723. The van der Waals surface area contributed by atoms with Crippen molar-refractivity contribution in [2.24, 2.45) is 0 Å². The molecule has 54 heavy (non-hydrogen) atoms. The van der Waals surface area contributed by atoms with Crippen LogP contribution in [0.5, 0.6) is 0 Å². The van der Waals surface area contributed by atoms with E-state index in [0.717, 1.165) is 45.3 Å². The molecule has 0 atom stereocenters. The molecule has 0 amide bonds. The number of anilines is 6. The zero-order valence-corrected chi connectivity index (χ0v) is 30.6. The summed E-state index contributed by atoms with van der Waals surface area (Å²) in [4.78, 5) is 4.52. The van der Waals surface area contributed by atoms with Crippen LogP contribution < -0.4 is 9.80 Å². The fraction of sp³-hybridized carbons (Fsp3) is 0.200. The molecular weight excluding hydrogens is 657 g/mol. The Bertz CT molecular complexity index is 2090. The van der Waals surface area contributed by atoms with Crippen molar-refractivity contribution in [2.75, 3.05) is 9.80 Å². The summed E-state index contributed by atoms with van der Waals surface area (Å²) in [5.41, 5.74) is 12.8. The van der Waals surface area contributed by atoms with Gasteiger partial charge in [-0.15, -0.1) is 0 Å². The van der Waals surface area contributed by atoms with Crippen LogP contribution in [-0.4, -0.2) is 0 Å². The van der Waals surface area contributed by atoms with E-state index in [9.17, 15) is 10.5 Å². The summed E-state index contributed by atoms with van der Waals surface area (Å²) < 4.78 is 0. The van der Waals surface area contributed by atoms with Crippen molar-refractivity contribution in [1.29, 1.82) is 10.5 Å². The minimum absolute atomic E-state index is 0.652. The van der Waals surface area contributed by atoms with Gasteiger partial charge in [-0.1, -0.05) is 86.4 Å². The second-order valence-electron chi connectivity index (χ2n) is 14.7. The normalized spacial score (nSPS) is 14.6. The van der Waals surface area contributed by atoms with E-state index in [-0.39, 0.29) is 0 Å². The van der Waals surface area contributed by atoms with E-state index in [1.807, 2.05) is 48.5 Å². The van der Waals surface area contributed by atoms with Gasteiger partial charge in [0.05, 0.1) is 23.3 Å². The monoisotopic (exact) mass is 700 g/mol. The summed E-state index contributed by atoms with van der Waals surface area (Å²) in [6, 6.07) is 55.5. The molecule has 0 N–H and O–H groups in total. The van der Waals surface area contributed by atoms with Crippen LogP contribution in [0.15, 0.2) is 146 Å². The Morgan fingerprint density at radius 2 is 0.630 bits per heavy atom. The fourth-order valence-electron chi connectivity index (χ4n) is 8.24. The van der Waals surface area contributed by atoms with Crippen LogP contribution in [0.4, 0.5) is 34.1 Å². The summed E-state index contributed by atoms with van der Waals surface area (Å²) in [6.45, 7) is 0. The lowest BCUT2D eigenvalue weighted by atomic mass is 9.97. The molecule has 4 heteroatoms. The Morgan fingerprint density at radius 1 is 0.370 bits per heavy atom. The van der Waals surface area contributed by atoms with E-state index < -0.39 is 0 Å². The van der Waals surface area contributed by atoms with Gasteiger partial charge in [-0.3, -0.25) is 0 Å². The predicted molar refractivity (Wildman–Crippen MR) is 223 cm³/mol. The highest BCUT2D eigenvalue weighted by atomic mass is 15.1. The minimum atomic E-state index is 0.652. The van der Waals surface area contributed by atoms with Gasteiger partial charge < -0.3 is 9.80 Å². The lowest BCUT2D eigenvalue weighted by Crippen LogP contribution is -2.10. The van der Waals surface area contributed by atoms with Crippen molar-refractivity contribution in [3.8, 4) is 12.1 Å². The van der Waals surface area contributed by atoms with Crippen LogP contribution in [0.3, 0.4) is 0 Å². The zero-order valence-electron chi connectivity index (χ0n) is 30.6. The average Bonchev–Trinajstić information content (AvgIpc) is 3.99. The molecule has 2 aliphatic rings. The number of hydrogen-bond donors (Lipinski definition) is 0. The Hall–Kier alpha value is -6.36. The molecule has 0 aliphatic heterocycles. The molecule has 0 radical (unpaired) electrons. The SMILES string of the molecule is N#Cc1ccc(N(c2ccc(/C=C/c3ccc(N(c4ccc(C#N)cc4)c4ccc(C5CCCC5)cc4)cc3)cc2)c2ccc(C3CCCC3)cc2)cc1. The first-order valence-electron chi connectivity index (χ1n) is 19.3. The molecule has 0 saturated heterocycles. The minimum Gasteiger partial charge on any atom is -0.311 e. The summed E-state index contributed by atoms with van der Waals surface area (Å²) in [5, 5.41) is 18.8. The molecule has 0 heterocycles.